The third-order valence-electron chi connectivity index (χ3n) is 2.18. The van der Waals surface area contributed by atoms with Crippen molar-refractivity contribution in [1.29, 1.82) is 5.26 Å². The van der Waals surface area contributed by atoms with Gasteiger partial charge in [0.2, 0.25) is 5.95 Å². The fourth-order valence-electron chi connectivity index (χ4n) is 1.41. The molecule has 0 spiro atoms. The second-order valence-corrected chi connectivity index (χ2v) is 3.54. The summed E-state index contributed by atoms with van der Waals surface area (Å²) in [7, 11) is 0. The highest BCUT2D eigenvalue weighted by Gasteiger charge is 2.03. The van der Waals surface area contributed by atoms with Gasteiger partial charge in [0, 0.05) is 18.4 Å². The molecule has 0 aliphatic carbocycles. The number of anilines is 2. The predicted molar refractivity (Wildman–Crippen MR) is 62.7 cm³/mol. The number of aryl methyl sites for hydroxylation is 2. The van der Waals surface area contributed by atoms with Crippen molar-refractivity contribution < 1.29 is 0 Å². The van der Waals surface area contributed by atoms with Gasteiger partial charge < -0.3 is 5.32 Å². The van der Waals surface area contributed by atoms with Crippen LogP contribution in [0.2, 0.25) is 0 Å². The number of nitrogens with zero attached hydrogens (tertiary/aromatic N) is 5. The Bertz CT molecular complexity index is 566. The Balaban J connectivity index is 2.24. The quantitative estimate of drug-likeness (QED) is 0.863. The molecule has 2 rings (SSSR count). The summed E-state index contributed by atoms with van der Waals surface area (Å²) in [6.45, 7) is 4.64. The van der Waals surface area contributed by atoms with Gasteiger partial charge in [0.05, 0.1) is 11.9 Å². The van der Waals surface area contributed by atoms with E-state index in [1.807, 2.05) is 26.1 Å². The average molecular weight is 228 g/mol. The van der Waals surface area contributed by atoms with E-state index in [9.17, 15) is 0 Å². The molecule has 1 N–H and O–H groups in total. The second kappa shape index (κ2) is 4.61. The molecule has 0 atom stereocenters. The van der Waals surface area contributed by atoms with E-state index in [-0.39, 0.29) is 0 Å². The van der Waals surface area contributed by atoms with Crippen molar-refractivity contribution in [2.24, 2.45) is 0 Å². The standard InChI is InChI=1S/C11H12N6/c1-3-17-7-10(6-13-17)16-11-14-8(2)4-9(5-12)15-11/h4,6-7H,3H2,1-2H3,(H,14,15,16). The van der Waals surface area contributed by atoms with Gasteiger partial charge in [0.15, 0.2) is 0 Å². The molecule has 0 amide bonds. The van der Waals surface area contributed by atoms with Crippen molar-refractivity contribution in [3.05, 3.63) is 29.8 Å². The molecular weight excluding hydrogens is 216 g/mol. The van der Waals surface area contributed by atoms with Gasteiger partial charge in [-0.3, -0.25) is 4.68 Å². The summed E-state index contributed by atoms with van der Waals surface area (Å²) >= 11 is 0. The molecule has 0 fully saturated rings. The molecule has 0 radical (unpaired) electrons. The Kier molecular flexibility index (Phi) is 3.01. The van der Waals surface area contributed by atoms with Crippen molar-refractivity contribution in [3.63, 3.8) is 0 Å². The Morgan fingerprint density at radius 1 is 1.47 bits per heavy atom. The van der Waals surface area contributed by atoms with Crippen LogP contribution in [0, 0.1) is 18.3 Å². The zero-order chi connectivity index (χ0) is 12.3. The number of nitrogens with one attached hydrogen (secondary N) is 1. The molecule has 0 aliphatic heterocycles. The number of hydrogen-bond acceptors (Lipinski definition) is 5. The van der Waals surface area contributed by atoms with Crippen LogP contribution in [-0.4, -0.2) is 19.7 Å². The number of rotatable bonds is 3. The van der Waals surface area contributed by atoms with Gasteiger partial charge in [-0.05, 0) is 19.9 Å². The minimum Gasteiger partial charge on any atom is -0.321 e. The summed E-state index contributed by atoms with van der Waals surface area (Å²) in [5, 5.41) is 16.0. The first kappa shape index (κ1) is 11.1. The van der Waals surface area contributed by atoms with Gasteiger partial charge >= 0.3 is 0 Å². The van der Waals surface area contributed by atoms with Crippen LogP contribution < -0.4 is 5.32 Å². The minimum atomic E-state index is 0.350. The molecule has 0 unspecified atom stereocenters. The van der Waals surface area contributed by atoms with Gasteiger partial charge in [-0.15, -0.1) is 0 Å². The van der Waals surface area contributed by atoms with Crippen molar-refractivity contribution in [2.45, 2.75) is 20.4 Å². The Morgan fingerprint density at radius 3 is 2.94 bits per heavy atom. The summed E-state index contributed by atoms with van der Waals surface area (Å²) in [5.74, 6) is 0.414. The monoisotopic (exact) mass is 228 g/mol. The maximum absolute atomic E-state index is 8.81. The minimum absolute atomic E-state index is 0.350. The van der Waals surface area contributed by atoms with Crippen molar-refractivity contribution in [3.8, 4) is 6.07 Å². The lowest BCUT2D eigenvalue weighted by Crippen LogP contribution is -1.99. The van der Waals surface area contributed by atoms with Crippen LogP contribution in [0.25, 0.3) is 0 Å². The predicted octanol–water partition coefficient (Wildman–Crippen LogP) is 1.62. The van der Waals surface area contributed by atoms with Crippen LogP contribution in [0.4, 0.5) is 11.6 Å². The van der Waals surface area contributed by atoms with Crippen molar-refractivity contribution >= 4 is 11.6 Å². The molecular formula is C11H12N6. The van der Waals surface area contributed by atoms with Crippen LogP contribution in [-0.2, 0) is 6.54 Å². The third kappa shape index (κ3) is 2.58. The van der Waals surface area contributed by atoms with Crippen LogP contribution >= 0.6 is 0 Å². The fraction of sp³-hybridized carbons (Fsp3) is 0.273. The number of aromatic nitrogens is 4. The van der Waals surface area contributed by atoms with Crippen LogP contribution in [0.3, 0.4) is 0 Å². The fourth-order valence-corrected chi connectivity index (χ4v) is 1.41. The van der Waals surface area contributed by atoms with Crippen molar-refractivity contribution in [2.75, 3.05) is 5.32 Å². The SMILES string of the molecule is CCn1cc(Nc2nc(C)cc(C#N)n2)cn1. The number of nitriles is 1. The van der Waals surface area contributed by atoms with E-state index < -0.39 is 0 Å². The Morgan fingerprint density at radius 2 is 2.29 bits per heavy atom. The summed E-state index contributed by atoms with van der Waals surface area (Å²) in [6.07, 6.45) is 3.55. The lowest BCUT2D eigenvalue weighted by molar-refractivity contribution is 0.660. The molecule has 0 aliphatic rings. The maximum Gasteiger partial charge on any atom is 0.228 e. The van der Waals surface area contributed by atoms with E-state index in [2.05, 4.69) is 20.4 Å². The van der Waals surface area contributed by atoms with E-state index in [1.54, 1.807) is 16.9 Å². The first-order chi connectivity index (χ1) is 8.21. The van der Waals surface area contributed by atoms with E-state index in [1.165, 1.54) is 0 Å². The molecule has 0 saturated heterocycles. The van der Waals surface area contributed by atoms with Gasteiger partial charge in [0.25, 0.3) is 0 Å². The molecule has 0 aromatic carbocycles. The first-order valence-corrected chi connectivity index (χ1v) is 5.26. The normalized spacial score (nSPS) is 9.94. The summed E-state index contributed by atoms with van der Waals surface area (Å²) < 4.78 is 1.79. The van der Waals surface area contributed by atoms with Gasteiger partial charge in [-0.1, -0.05) is 0 Å². The molecule has 0 bridgehead atoms. The van der Waals surface area contributed by atoms with Crippen LogP contribution in [0.1, 0.15) is 18.3 Å². The molecule has 17 heavy (non-hydrogen) atoms. The van der Waals surface area contributed by atoms with Crippen LogP contribution in [0.15, 0.2) is 18.5 Å². The average Bonchev–Trinajstić information content (AvgIpc) is 2.76. The van der Waals surface area contributed by atoms with Gasteiger partial charge in [-0.25, -0.2) is 9.97 Å². The Hall–Kier alpha value is -2.42. The molecule has 2 aromatic rings. The molecule has 2 heterocycles. The zero-order valence-electron chi connectivity index (χ0n) is 9.68. The first-order valence-electron chi connectivity index (χ1n) is 5.26. The molecule has 6 nitrogen and oxygen atoms in total. The zero-order valence-corrected chi connectivity index (χ0v) is 9.68. The van der Waals surface area contributed by atoms with Crippen LogP contribution in [0.5, 0.6) is 0 Å². The highest BCUT2D eigenvalue weighted by molar-refractivity contribution is 5.51. The molecule has 6 heteroatoms. The maximum atomic E-state index is 8.81. The Labute approximate surface area is 98.9 Å². The lowest BCUT2D eigenvalue weighted by atomic mass is 10.3. The van der Waals surface area contributed by atoms with E-state index in [4.69, 9.17) is 5.26 Å². The van der Waals surface area contributed by atoms with Crippen molar-refractivity contribution in [1.82, 2.24) is 19.7 Å². The largest absolute Gasteiger partial charge is 0.321 e. The smallest absolute Gasteiger partial charge is 0.228 e. The van der Waals surface area contributed by atoms with Gasteiger partial charge in [0.1, 0.15) is 11.8 Å². The van der Waals surface area contributed by atoms with E-state index >= 15 is 0 Å². The number of hydrogen-bond donors (Lipinski definition) is 1. The summed E-state index contributed by atoms with van der Waals surface area (Å²) in [4.78, 5) is 8.26. The highest BCUT2D eigenvalue weighted by atomic mass is 15.3. The summed E-state index contributed by atoms with van der Waals surface area (Å²) in [5.41, 5.74) is 1.91. The van der Waals surface area contributed by atoms with E-state index in [0.717, 1.165) is 17.9 Å². The lowest BCUT2D eigenvalue weighted by Gasteiger charge is -2.02. The molecule has 2 aromatic heterocycles. The van der Waals surface area contributed by atoms with Gasteiger partial charge in [-0.2, -0.15) is 10.4 Å². The third-order valence-corrected chi connectivity index (χ3v) is 2.18. The highest BCUT2D eigenvalue weighted by Crippen LogP contribution is 2.12. The molecule has 86 valence electrons. The molecule has 0 saturated carbocycles. The topological polar surface area (TPSA) is 79.4 Å². The summed E-state index contributed by atoms with van der Waals surface area (Å²) in [6, 6.07) is 3.64. The van der Waals surface area contributed by atoms with E-state index in [0.29, 0.717) is 11.6 Å². The second-order valence-electron chi connectivity index (χ2n) is 3.54.